The fourth-order valence-corrected chi connectivity index (χ4v) is 1.73. The molecule has 1 aliphatic heterocycles. The van der Waals surface area contributed by atoms with Crippen LogP contribution < -0.4 is 5.32 Å². The van der Waals surface area contributed by atoms with Gasteiger partial charge in [-0.05, 0) is 37.4 Å². The van der Waals surface area contributed by atoms with Crippen molar-refractivity contribution >= 4 is 24.8 Å². The second-order valence-corrected chi connectivity index (χ2v) is 3.36. The highest BCUT2D eigenvalue weighted by Gasteiger charge is 2.13. The summed E-state index contributed by atoms with van der Waals surface area (Å²) in [5, 5.41) is 3.48. The van der Waals surface area contributed by atoms with E-state index < -0.39 is 0 Å². The first-order valence-electron chi connectivity index (χ1n) is 4.57. The molecule has 2 nitrogen and oxygen atoms in total. The van der Waals surface area contributed by atoms with Crippen molar-refractivity contribution in [1.82, 2.24) is 10.3 Å². The van der Waals surface area contributed by atoms with Crippen molar-refractivity contribution in [2.45, 2.75) is 25.3 Å². The molecule has 2 rings (SSSR count). The van der Waals surface area contributed by atoms with E-state index in [1.165, 1.54) is 24.9 Å². The predicted octanol–water partition coefficient (Wildman–Crippen LogP) is 2.22. The summed E-state index contributed by atoms with van der Waals surface area (Å²) in [4.78, 5) is 4.10. The normalized spacial score (nSPS) is 19.6. The molecule has 0 amide bonds. The molecular formula is C10H16Cl2N2. The van der Waals surface area contributed by atoms with E-state index in [0.29, 0.717) is 6.04 Å². The van der Waals surface area contributed by atoms with E-state index in [1.54, 1.807) is 0 Å². The maximum Gasteiger partial charge on any atom is 0.0300 e. The molecule has 1 N–H and O–H groups in total. The fraction of sp³-hybridized carbons (Fsp3) is 0.500. The topological polar surface area (TPSA) is 24.9 Å². The SMILES string of the molecule is Cl.Cl.c1cncc(C[C@H]2CCCN2)c1. The minimum Gasteiger partial charge on any atom is -0.314 e. The molecule has 1 aromatic rings. The number of hydrogen-bond donors (Lipinski definition) is 1. The van der Waals surface area contributed by atoms with Gasteiger partial charge in [-0.2, -0.15) is 0 Å². The molecule has 1 saturated heterocycles. The molecule has 0 saturated carbocycles. The Morgan fingerprint density at radius 3 is 2.86 bits per heavy atom. The van der Waals surface area contributed by atoms with Crippen LogP contribution >= 0.6 is 24.8 Å². The van der Waals surface area contributed by atoms with Crippen LogP contribution in [-0.2, 0) is 6.42 Å². The summed E-state index contributed by atoms with van der Waals surface area (Å²) < 4.78 is 0. The van der Waals surface area contributed by atoms with Crippen molar-refractivity contribution in [2.75, 3.05) is 6.54 Å². The zero-order chi connectivity index (χ0) is 8.23. The van der Waals surface area contributed by atoms with E-state index in [1.807, 2.05) is 18.5 Å². The molecule has 1 aliphatic rings. The van der Waals surface area contributed by atoms with E-state index in [2.05, 4.69) is 16.4 Å². The summed E-state index contributed by atoms with van der Waals surface area (Å²) in [5.74, 6) is 0. The molecule has 0 bridgehead atoms. The number of halogens is 2. The number of aromatic nitrogens is 1. The Morgan fingerprint density at radius 1 is 1.43 bits per heavy atom. The van der Waals surface area contributed by atoms with Crippen molar-refractivity contribution in [3.63, 3.8) is 0 Å². The maximum absolute atomic E-state index is 4.10. The van der Waals surface area contributed by atoms with Crippen LogP contribution in [-0.4, -0.2) is 17.6 Å². The van der Waals surface area contributed by atoms with Crippen LogP contribution in [0.4, 0.5) is 0 Å². The van der Waals surface area contributed by atoms with Crippen LogP contribution in [0.25, 0.3) is 0 Å². The average molecular weight is 235 g/mol. The number of hydrogen-bond acceptors (Lipinski definition) is 2. The Kier molecular flexibility index (Phi) is 6.89. The van der Waals surface area contributed by atoms with E-state index in [0.717, 1.165) is 6.42 Å². The standard InChI is InChI=1S/C10H14N2.2ClH/c1-3-9(8-11-5-1)7-10-4-2-6-12-10;;/h1,3,5,8,10,12H,2,4,6-7H2;2*1H/t10-;;/m1../s1. The minimum atomic E-state index is 0. The van der Waals surface area contributed by atoms with Crippen LogP contribution in [0.1, 0.15) is 18.4 Å². The molecule has 0 spiro atoms. The van der Waals surface area contributed by atoms with Gasteiger partial charge < -0.3 is 5.32 Å². The van der Waals surface area contributed by atoms with E-state index in [-0.39, 0.29) is 24.8 Å². The number of rotatable bonds is 2. The van der Waals surface area contributed by atoms with Gasteiger partial charge in [0.15, 0.2) is 0 Å². The summed E-state index contributed by atoms with van der Waals surface area (Å²) in [5.41, 5.74) is 1.34. The lowest BCUT2D eigenvalue weighted by molar-refractivity contribution is 0.602. The highest BCUT2D eigenvalue weighted by Crippen LogP contribution is 2.10. The van der Waals surface area contributed by atoms with Gasteiger partial charge in [0.05, 0.1) is 0 Å². The third-order valence-electron chi connectivity index (χ3n) is 2.37. The van der Waals surface area contributed by atoms with Crippen molar-refractivity contribution in [2.24, 2.45) is 0 Å². The number of nitrogens with zero attached hydrogens (tertiary/aromatic N) is 1. The molecule has 2 heterocycles. The molecule has 4 heteroatoms. The molecule has 0 aromatic carbocycles. The van der Waals surface area contributed by atoms with Crippen LogP contribution in [0.2, 0.25) is 0 Å². The first-order valence-corrected chi connectivity index (χ1v) is 4.57. The minimum absolute atomic E-state index is 0. The van der Waals surface area contributed by atoms with E-state index in [4.69, 9.17) is 0 Å². The largest absolute Gasteiger partial charge is 0.314 e. The summed E-state index contributed by atoms with van der Waals surface area (Å²) in [7, 11) is 0. The Labute approximate surface area is 97.3 Å². The highest BCUT2D eigenvalue weighted by atomic mass is 35.5. The number of nitrogens with one attached hydrogen (secondary N) is 1. The van der Waals surface area contributed by atoms with Crippen LogP contribution in [0.5, 0.6) is 0 Å². The van der Waals surface area contributed by atoms with E-state index in [9.17, 15) is 0 Å². The smallest absolute Gasteiger partial charge is 0.0300 e. The second kappa shape index (κ2) is 7.04. The Balaban J connectivity index is 0.000000845. The molecule has 1 atom stereocenters. The van der Waals surface area contributed by atoms with Gasteiger partial charge in [-0.1, -0.05) is 6.07 Å². The monoisotopic (exact) mass is 234 g/mol. The van der Waals surface area contributed by atoms with Crippen LogP contribution in [0.15, 0.2) is 24.5 Å². The van der Waals surface area contributed by atoms with Crippen molar-refractivity contribution in [1.29, 1.82) is 0 Å². The third-order valence-corrected chi connectivity index (χ3v) is 2.37. The molecule has 0 aliphatic carbocycles. The van der Waals surface area contributed by atoms with Gasteiger partial charge in [0.25, 0.3) is 0 Å². The molecular weight excluding hydrogens is 219 g/mol. The van der Waals surface area contributed by atoms with E-state index >= 15 is 0 Å². The molecule has 14 heavy (non-hydrogen) atoms. The average Bonchev–Trinajstić information content (AvgIpc) is 2.59. The van der Waals surface area contributed by atoms with Crippen LogP contribution in [0, 0.1) is 0 Å². The lowest BCUT2D eigenvalue weighted by Gasteiger charge is -2.08. The van der Waals surface area contributed by atoms with Crippen LogP contribution in [0.3, 0.4) is 0 Å². The lowest BCUT2D eigenvalue weighted by Crippen LogP contribution is -2.23. The van der Waals surface area contributed by atoms with Crippen molar-refractivity contribution < 1.29 is 0 Å². The molecule has 80 valence electrons. The van der Waals surface area contributed by atoms with Gasteiger partial charge in [-0.3, -0.25) is 4.98 Å². The van der Waals surface area contributed by atoms with Gasteiger partial charge in [-0.15, -0.1) is 24.8 Å². The number of pyridine rings is 1. The zero-order valence-corrected chi connectivity index (χ0v) is 9.61. The quantitative estimate of drug-likeness (QED) is 0.850. The summed E-state index contributed by atoms with van der Waals surface area (Å²) in [6, 6.07) is 4.84. The molecule has 0 unspecified atom stereocenters. The molecule has 1 fully saturated rings. The fourth-order valence-electron chi connectivity index (χ4n) is 1.73. The van der Waals surface area contributed by atoms with Gasteiger partial charge in [0.1, 0.15) is 0 Å². The summed E-state index contributed by atoms with van der Waals surface area (Å²) in [6.45, 7) is 1.19. The van der Waals surface area contributed by atoms with Crippen molar-refractivity contribution in [3.05, 3.63) is 30.1 Å². The zero-order valence-electron chi connectivity index (χ0n) is 7.98. The Morgan fingerprint density at radius 2 is 2.29 bits per heavy atom. The highest BCUT2D eigenvalue weighted by molar-refractivity contribution is 5.85. The summed E-state index contributed by atoms with van der Waals surface area (Å²) in [6.07, 6.45) is 7.55. The molecule has 1 aromatic heterocycles. The van der Waals surface area contributed by atoms with Gasteiger partial charge in [-0.25, -0.2) is 0 Å². The van der Waals surface area contributed by atoms with Crippen molar-refractivity contribution in [3.8, 4) is 0 Å². The first-order chi connectivity index (χ1) is 5.95. The second-order valence-electron chi connectivity index (χ2n) is 3.36. The Bertz CT molecular complexity index is 235. The lowest BCUT2D eigenvalue weighted by atomic mass is 10.1. The maximum atomic E-state index is 4.10. The van der Waals surface area contributed by atoms with Gasteiger partial charge in [0.2, 0.25) is 0 Å². The van der Waals surface area contributed by atoms with Gasteiger partial charge >= 0.3 is 0 Å². The first kappa shape index (κ1) is 13.7. The Hall–Kier alpha value is -0.310. The molecule has 0 radical (unpaired) electrons. The predicted molar refractivity (Wildman–Crippen MR) is 63.5 cm³/mol. The summed E-state index contributed by atoms with van der Waals surface area (Å²) >= 11 is 0. The van der Waals surface area contributed by atoms with Gasteiger partial charge in [0, 0.05) is 18.4 Å². The third kappa shape index (κ3) is 3.82.